The van der Waals surface area contributed by atoms with Crippen LogP contribution in [0.1, 0.15) is 46.7 Å². The molecule has 2 amide bonds. The first-order valence-electron chi connectivity index (χ1n) is 17.5. The molecule has 2 heterocycles. The van der Waals surface area contributed by atoms with E-state index in [0.29, 0.717) is 27.8 Å². The Balaban J connectivity index is 1.30. The highest BCUT2D eigenvalue weighted by Crippen LogP contribution is 2.64. The predicted octanol–water partition coefficient (Wildman–Crippen LogP) is 7.64. The molecule has 1 aromatic heterocycles. The van der Waals surface area contributed by atoms with Gasteiger partial charge in [0.05, 0.1) is 22.3 Å². The number of halogens is 4. The number of imide groups is 1. The minimum absolute atomic E-state index is 0.0449. The van der Waals surface area contributed by atoms with Gasteiger partial charge in [0.25, 0.3) is 11.8 Å². The van der Waals surface area contributed by atoms with E-state index in [1.165, 1.54) is 13.1 Å². The molecule has 2 fully saturated rings. The number of phenolic OH excluding ortho intramolecular Hbond substituents is 1. The number of aromatic hydroxyl groups is 1. The van der Waals surface area contributed by atoms with Gasteiger partial charge in [0.15, 0.2) is 17.4 Å². The first kappa shape index (κ1) is 35.5. The fourth-order valence-electron chi connectivity index (χ4n) is 9.30. The third-order valence-corrected chi connectivity index (χ3v) is 11.9. The number of hydrogen-bond acceptors (Lipinski definition) is 7. The number of Topliss-reactive ketones (excluding diaryl/α,β-unsaturated/α-hetero) is 1. The maximum Gasteiger partial charge on any atom is 0.433 e. The summed E-state index contributed by atoms with van der Waals surface area (Å²) in [5.74, 6) is -6.63. The third kappa shape index (κ3) is 5.23. The molecule has 1 saturated heterocycles. The van der Waals surface area contributed by atoms with Crippen LogP contribution in [-0.2, 0) is 30.8 Å². The molecule has 0 unspecified atom stereocenters. The lowest BCUT2D eigenvalue weighted by Gasteiger charge is -2.55. The van der Waals surface area contributed by atoms with Gasteiger partial charge < -0.3 is 5.11 Å². The summed E-state index contributed by atoms with van der Waals surface area (Å²) < 4.78 is 41.0. The highest BCUT2D eigenvalue weighted by molar-refractivity contribution is 6.33. The molecule has 274 valence electrons. The number of nitrogens with zero attached hydrogens (tertiary/aromatic N) is 3. The van der Waals surface area contributed by atoms with E-state index in [0.717, 1.165) is 22.2 Å². The second-order valence-electron chi connectivity index (χ2n) is 14.3. The zero-order valence-electron chi connectivity index (χ0n) is 29.0. The van der Waals surface area contributed by atoms with Gasteiger partial charge in [-0.2, -0.15) is 18.2 Å². The van der Waals surface area contributed by atoms with Crippen molar-refractivity contribution in [1.29, 1.82) is 0 Å². The van der Waals surface area contributed by atoms with E-state index < -0.39 is 64.5 Å². The standard InChI is InChI=1S/C42H33ClF3N3O5/c1-22-19-24(13-17-32(22)50)36-26-14-15-27-35(40(54)49(39(27)53)48(2)38-31(43)16-18-33(47-38)42(44,45)46)29(26)20-30-37(52)28(23-9-5-3-6-10-23)21-34(51)41(30,36)25-11-7-4-8-12-25/h3-14,16-19,21,27,29-30,35-36,50H,15,20H2,1-2H3/t27-,29+,30-,35-,36-,41-/m0/s1. The van der Waals surface area contributed by atoms with Gasteiger partial charge >= 0.3 is 6.18 Å². The van der Waals surface area contributed by atoms with Gasteiger partial charge in [0.1, 0.15) is 11.4 Å². The van der Waals surface area contributed by atoms with E-state index >= 15 is 9.59 Å². The van der Waals surface area contributed by atoms with Crippen LogP contribution in [-0.4, -0.2) is 45.5 Å². The monoisotopic (exact) mass is 751 g/mol. The number of pyridine rings is 1. The number of phenols is 1. The number of carbonyl (C=O) groups is 4. The number of anilines is 1. The Morgan fingerprint density at radius 2 is 1.59 bits per heavy atom. The number of amides is 2. The molecule has 3 aliphatic carbocycles. The Morgan fingerprint density at radius 3 is 2.26 bits per heavy atom. The summed E-state index contributed by atoms with van der Waals surface area (Å²) in [5, 5.41) is 12.1. The summed E-state index contributed by atoms with van der Waals surface area (Å²) in [4.78, 5) is 62.6. The van der Waals surface area contributed by atoms with Crippen LogP contribution in [0, 0.1) is 30.6 Å². The van der Waals surface area contributed by atoms with Crippen molar-refractivity contribution in [3.8, 4) is 5.75 Å². The Labute approximate surface area is 313 Å². The average Bonchev–Trinajstić information content (AvgIpc) is 3.42. The topological polar surface area (TPSA) is 108 Å². The number of carbonyl (C=O) groups excluding carboxylic acids is 4. The van der Waals surface area contributed by atoms with Crippen LogP contribution in [0.15, 0.2) is 109 Å². The molecule has 54 heavy (non-hydrogen) atoms. The molecule has 1 N–H and O–H groups in total. The van der Waals surface area contributed by atoms with Crippen molar-refractivity contribution in [2.75, 3.05) is 12.1 Å². The number of alkyl halides is 3. The van der Waals surface area contributed by atoms with Crippen LogP contribution in [0.3, 0.4) is 0 Å². The van der Waals surface area contributed by atoms with Gasteiger partial charge in [0, 0.05) is 24.5 Å². The van der Waals surface area contributed by atoms with Crippen LogP contribution in [0.4, 0.5) is 19.0 Å². The van der Waals surface area contributed by atoms with Gasteiger partial charge in [-0.05, 0) is 72.2 Å². The first-order chi connectivity index (χ1) is 25.7. The quantitative estimate of drug-likeness (QED) is 0.165. The van der Waals surface area contributed by atoms with Crippen LogP contribution in [0.2, 0.25) is 5.02 Å². The van der Waals surface area contributed by atoms with E-state index in [1.54, 1.807) is 49.4 Å². The van der Waals surface area contributed by atoms with Crippen molar-refractivity contribution in [1.82, 2.24) is 9.99 Å². The van der Waals surface area contributed by atoms with Crippen molar-refractivity contribution in [3.05, 3.63) is 142 Å². The minimum atomic E-state index is -4.81. The van der Waals surface area contributed by atoms with Crippen molar-refractivity contribution in [2.45, 2.75) is 37.3 Å². The molecule has 8 rings (SSSR count). The number of allylic oxidation sites excluding steroid dienone is 4. The molecular weight excluding hydrogens is 719 g/mol. The molecule has 3 aromatic carbocycles. The molecule has 6 atom stereocenters. The van der Waals surface area contributed by atoms with E-state index in [4.69, 9.17) is 11.6 Å². The van der Waals surface area contributed by atoms with Crippen LogP contribution in [0.25, 0.3) is 5.57 Å². The molecule has 0 radical (unpaired) electrons. The van der Waals surface area contributed by atoms with Gasteiger partial charge in [-0.25, -0.2) is 4.98 Å². The molecule has 4 aliphatic rings. The number of benzene rings is 3. The molecule has 8 nitrogen and oxygen atoms in total. The third-order valence-electron chi connectivity index (χ3n) is 11.6. The highest BCUT2D eigenvalue weighted by atomic mass is 35.5. The molecule has 12 heteroatoms. The lowest BCUT2D eigenvalue weighted by molar-refractivity contribution is -0.141. The number of aromatic nitrogens is 1. The minimum Gasteiger partial charge on any atom is -0.508 e. The lowest BCUT2D eigenvalue weighted by atomic mass is 9.44. The Bertz CT molecular complexity index is 2310. The molecule has 1 aliphatic heterocycles. The molecule has 0 spiro atoms. The number of ketones is 2. The lowest BCUT2D eigenvalue weighted by Crippen LogP contribution is -2.59. The van der Waals surface area contributed by atoms with Crippen LogP contribution < -0.4 is 5.01 Å². The van der Waals surface area contributed by atoms with Crippen LogP contribution in [0.5, 0.6) is 5.75 Å². The molecule has 0 bridgehead atoms. The molecule has 4 aromatic rings. The van der Waals surface area contributed by atoms with Crippen molar-refractivity contribution >= 4 is 46.4 Å². The number of aryl methyl sites for hydroxylation is 1. The first-order valence-corrected chi connectivity index (χ1v) is 17.9. The second-order valence-corrected chi connectivity index (χ2v) is 14.8. The summed E-state index contributed by atoms with van der Waals surface area (Å²) in [6, 6.07) is 24.8. The number of fused-ring (bicyclic) bond motifs is 4. The average molecular weight is 752 g/mol. The van der Waals surface area contributed by atoms with Crippen molar-refractivity contribution in [3.63, 3.8) is 0 Å². The van der Waals surface area contributed by atoms with Crippen molar-refractivity contribution in [2.24, 2.45) is 23.7 Å². The molecule has 1 saturated carbocycles. The number of hydrogen-bond donors (Lipinski definition) is 1. The number of rotatable bonds is 5. The largest absolute Gasteiger partial charge is 0.508 e. The SMILES string of the molecule is Cc1cc([C@H]2C3=CC[C@@H]4C(=O)N(N(C)c5nc(C(F)(F)F)ccc5Cl)C(=O)[C@@H]4[C@@H]3C[C@H]3C(=O)C(c4ccccc4)=CC(=O)[C@@]23c2ccccc2)ccc1O. The fraction of sp³-hybridized carbons (Fsp3) is 0.262. The fourth-order valence-corrected chi connectivity index (χ4v) is 9.53. The highest BCUT2D eigenvalue weighted by Gasteiger charge is 2.66. The van der Waals surface area contributed by atoms with Gasteiger partial charge in [-0.1, -0.05) is 96.0 Å². The zero-order valence-corrected chi connectivity index (χ0v) is 29.8. The maximum atomic E-state index is 15.1. The summed E-state index contributed by atoms with van der Waals surface area (Å²) in [6.45, 7) is 1.73. The van der Waals surface area contributed by atoms with Gasteiger partial charge in [0.2, 0.25) is 0 Å². The van der Waals surface area contributed by atoms with E-state index in [-0.39, 0.29) is 40.8 Å². The van der Waals surface area contributed by atoms with Crippen LogP contribution >= 0.6 is 11.6 Å². The predicted molar refractivity (Wildman–Crippen MR) is 194 cm³/mol. The smallest absolute Gasteiger partial charge is 0.433 e. The summed E-state index contributed by atoms with van der Waals surface area (Å²) in [6.07, 6.45) is -1.34. The summed E-state index contributed by atoms with van der Waals surface area (Å²) >= 11 is 6.31. The Hall–Kier alpha value is -5.55. The molecular formula is C42H33ClF3N3O5. The Morgan fingerprint density at radius 1 is 0.907 bits per heavy atom. The van der Waals surface area contributed by atoms with Crippen molar-refractivity contribution < 1.29 is 37.5 Å². The Kier molecular flexibility index (Phi) is 8.41. The van der Waals surface area contributed by atoms with Gasteiger partial charge in [-0.15, -0.1) is 0 Å². The summed E-state index contributed by atoms with van der Waals surface area (Å²) in [5.41, 5.74) is 0.650. The van der Waals surface area contributed by atoms with E-state index in [2.05, 4.69) is 4.98 Å². The summed E-state index contributed by atoms with van der Waals surface area (Å²) in [7, 11) is 1.26. The number of hydrazine groups is 1. The zero-order chi connectivity index (χ0) is 38.3. The van der Waals surface area contributed by atoms with E-state index in [9.17, 15) is 27.9 Å². The van der Waals surface area contributed by atoms with E-state index in [1.807, 2.05) is 42.5 Å². The maximum absolute atomic E-state index is 15.1. The van der Waals surface area contributed by atoms with Gasteiger partial charge in [-0.3, -0.25) is 24.2 Å². The second kappa shape index (κ2) is 12.8. The normalized spacial score (nSPS) is 26.5.